The fraction of sp³-hybridized carbons (Fsp3) is 0.750. The van der Waals surface area contributed by atoms with Gasteiger partial charge in [-0.3, -0.25) is 9.59 Å². The Labute approximate surface area is 91.7 Å². The van der Waals surface area contributed by atoms with Crippen LogP contribution >= 0.6 is 15.9 Å². The summed E-state index contributed by atoms with van der Waals surface area (Å²) in [7, 11) is 1.56. The first-order valence-electron chi connectivity index (χ1n) is 4.25. The van der Waals surface area contributed by atoms with Crippen molar-refractivity contribution >= 4 is 27.7 Å². The summed E-state index contributed by atoms with van der Waals surface area (Å²) in [5, 5.41) is 5.05. The van der Waals surface area contributed by atoms with Crippen LogP contribution in [0.5, 0.6) is 0 Å². The molecule has 2 amide bonds. The van der Waals surface area contributed by atoms with E-state index in [0.717, 1.165) is 0 Å². The number of carbonyl (C=O) groups is 2. The SMILES string of the molecule is COCCNC(=O)CNC(=O)C(C)Br. The largest absolute Gasteiger partial charge is 0.383 e. The van der Waals surface area contributed by atoms with Crippen LogP contribution in [0.1, 0.15) is 6.92 Å². The Morgan fingerprint density at radius 3 is 2.57 bits per heavy atom. The van der Waals surface area contributed by atoms with Crippen LogP contribution in [-0.4, -0.2) is 43.4 Å². The maximum absolute atomic E-state index is 11.0. The predicted molar refractivity (Wildman–Crippen MR) is 56.3 cm³/mol. The zero-order valence-electron chi connectivity index (χ0n) is 8.30. The summed E-state index contributed by atoms with van der Waals surface area (Å²) in [4.78, 5) is 21.8. The minimum atomic E-state index is -0.283. The summed E-state index contributed by atoms with van der Waals surface area (Å²) in [5.41, 5.74) is 0. The van der Waals surface area contributed by atoms with Crippen LogP contribution in [0.3, 0.4) is 0 Å². The summed E-state index contributed by atoms with van der Waals surface area (Å²) >= 11 is 3.09. The fourth-order valence-corrected chi connectivity index (χ4v) is 0.825. The molecule has 2 N–H and O–H groups in total. The molecule has 0 heterocycles. The maximum Gasteiger partial charge on any atom is 0.239 e. The Morgan fingerprint density at radius 1 is 1.43 bits per heavy atom. The molecule has 1 unspecified atom stereocenters. The van der Waals surface area contributed by atoms with Gasteiger partial charge in [-0.2, -0.15) is 0 Å². The number of hydrogen-bond acceptors (Lipinski definition) is 3. The van der Waals surface area contributed by atoms with Crippen molar-refractivity contribution < 1.29 is 14.3 Å². The van der Waals surface area contributed by atoms with Gasteiger partial charge in [-0.25, -0.2) is 0 Å². The Bertz CT molecular complexity index is 197. The monoisotopic (exact) mass is 266 g/mol. The van der Waals surface area contributed by atoms with E-state index in [0.29, 0.717) is 13.2 Å². The van der Waals surface area contributed by atoms with Crippen molar-refractivity contribution in [1.82, 2.24) is 10.6 Å². The summed E-state index contributed by atoms with van der Waals surface area (Å²) in [6.07, 6.45) is 0. The number of halogens is 1. The molecule has 0 aromatic rings. The van der Waals surface area contributed by atoms with Crippen molar-refractivity contribution in [2.24, 2.45) is 0 Å². The van der Waals surface area contributed by atoms with E-state index >= 15 is 0 Å². The molecule has 0 fully saturated rings. The van der Waals surface area contributed by atoms with Crippen molar-refractivity contribution in [2.75, 3.05) is 26.8 Å². The minimum absolute atomic E-state index is 0.00150. The van der Waals surface area contributed by atoms with Crippen LogP contribution in [0.25, 0.3) is 0 Å². The second-order valence-electron chi connectivity index (χ2n) is 2.68. The Balaban J connectivity index is 3.49. The molecular weight excluding hydrogens is 252 g/mol. The lowest BCUT2D eigenvalue weighted by Gasteiger charge is -2.07. The molecule has 0 aliphatic rings. The topological polar surface area (TPSA) is 67.4 Å². The van der Waals surface area contributed by atoms with E-state index in [1.54, 1.807) is 14.0 Å². The van der Waals surface area contributed by atoms with Crippen LogP contribution in [0.2, 0.25) is 0 Å². The first-order chi connectivity index (χ1) is 6.57. The first kappa shape index (κ1) is 13.4. The molecule has 0 aliphatic heterocycles. The van der Waals surface area contributed by atoms with Crippen LogP contribution in [0, 0.1) is 0 Å². The highest BCUT2D eigenvalue weighted by Gasteiger charge is 2.09. The van der Waals surface area contributed by atoms with Gasteiger partial charge in [-0.05, 0) is 6.92 Å². The lowest BCUT2D eigenvalue weighted by Crippen LogP contribution is -2.40. The van der Waals surface area contributed by atoms with Crippen molar-refractivity contribution in [3.05, 3.63) is 0 Å². The molecule has 0 radical (unpaired) electrons. The minimum Gasteiger partial charge on any atom is -0.383 e. The fourth-order valence-electron chi connectivity index (χ4n) is 0.663. The summed E-state index contributed by atoms with van der Waals surface area (Å²) in [6.45, 7) is 2.61. The molecule has 0 spiro atoms. The van der Waals surface area contributed by atoms with Crippen LogP contribution in [0.15, 0.2) is 0 Å². The van der Waals surface area contributed by atoms with Gasteiger partial charge in [0.15, 0.2) is 0 Å². The highest BCUT2D eigenvalue weighted by molar-refractivity contribution is 9.10. The van der Waals surface area contributed by atoms with E-state index in [1.165, 1.54) is 0 Å². The van der Waals surface area contributed by atoms with Gasteiger partial charge in [0.2, 0.25) is 11.8 Å². The molecule has 5 nitrogen and oxygen atoms in total. The molecule has 0 aromatic carbocycles. The molecule has 0 bridgehead atoms. The molecule has 0 saturated heterocycles. The van der Waals surface area contributed by atoms with Crippen LogP contribution < -0.4 is 10.6 Å². The number of ether oxygens (including phenoxy) is 1. The predicted octanol–water partition coefficient (Wildman–Crippen LogP) is -0.351. The zero-order valence-corrected chi connectivity index (χ0v) is 9.89. The highest BCUT2D eigenvalue weighted by Crippen LogP contribution is 1.95. The van der Waals surface area contributed by atoms with Gasteiger partial charge >= 0.3 is 0 Å². The number of nitrogens with one attached hydrogen (secondary N) is 2. The summed E-state index contributed by atoms with van der Waals surface area (Å²) < 4.78 is 4.75. The second-order valence-corrected chi connectivity index (χ2v) is 4.05. The second kappa shape index (κ2) is 7.75. The lowest BCUT2D eigenvalue weighted by molar-refractivity contribution is -0.125. The highest BCUT2D eigenvalue weighted by atomic mass is 79.9. The molecule has 1 atom stereocenters. The summed E-state index contributed by atoms with van der Waals surface area (Å²) in [5.74, 6) is -0.421. The number of methoxy groups -OCH3 is 1. The molecule has 0 aliphatic carbocycles. The third-order valence-electron chi connectivity index (χ3n) is 1.41. The molecule has 0 aromatic heterocycles. The van der Waals surface area contributed by atoms with Gasteiger partial charge in [0.1, 0.15) is 0 Å². The summed E-state index contributed by atoms with van der Waals surface area (Å²) in [6, 6.07) is 0. The first-order valence-corrected chi connectivity index (χ1v) is 5.17. The Morgan fingerprint density at radius 2 is 2.07 bits per heavy atom. The Kier molecular flexibility index (Phi) is 7.41. The van der Waals surface area contributed by atoms with Gasteiger partial charge in [0.05, 0.1) is 18.0 Å². The van der Waals surface area contributed by atoms with Crippen molar-refractivity contribution in [3.8, 4) is 0 Å². The maximum atomic E-state index is 11.0. The molecule has 0 rings (SSSR count). The third kappa shape index (κ3) is 6.85. The average molecular weight is 267 g/mol. The third-order valence-corrected chi connectivity index (χ3v) is 1.83. The van der Waals surface area contributed by atoms with E-state index in [4.69, 9.17) is 4.74 Å². The van der Waals surface area contributed by atoms with Crippen molar-refractivity contribution in [3.63, 3.8) is 0 Å². The van der Waals surface area contributed by atoms with Gasteiger partial charge < -0.3 is 15.4 Å². The molecule has 14 heavy (non-hydrogen) atoms. The molecular formula is C8H15BrN2O3. The van der Waals surface area contributed by atoms with E-state index < -0.39 is 0 Å². The smallest absolute Gasteiger partial charge is 0.239 e. The van der Waals surface area contributed by atoms with Crippen LogP contribution in [-0.2, 0) is 14.3 Å². The number of amides is 2. The lowest BCUT2D eigenvalue weighted by atomic mass is 10.4. The quantitative estimate of drug-likeness (QED) is 0.510. The van der Waals surface area contributed by atoms with E-state index in [2.05, 4.69) is 26.6 Å². The van der Waals surface area contributed by atoms with E-state index in [1.807, 2.05) is 0 Å². The molecule has 6 heteroatoms. The normalized spacial score (nSPS) is 11.9. The zero-order chi connectivity index (χ0) is 11.0. The number of alkyl halides is 1. The van der Waals surface area contributed by atoms with Crippen LogP contribution in [0.4, 0.5) is 0 Å². The molecule has 82 valence electrons. The van der Waals surface area contributed by atoms with Crippen molar-refractivity contribution in [1.29, 1.82) is 0 Å². The van der Waals surface area contributed by atoms with Gasteiger partial charge in [-0.15, -0.1) is 0 Å². The Hall–Kier alpha value is -0.620. The standard InChI is InChI=1S/C8H15BrN2O3/c1-6(9)8(13)11-5-7(12)10-3-4-14-2/h6H,3-5H2,1-2H3,(H,10,12)(H,11,13). The number of hydrogen-bond donors (Lipinski definition) is 2. The van der Waals surface area contributed by atoms with Gasteiger partial charge in [0, 0.05) is 13.7 Å². The van der Waals surface area contributed by atoms with E-state index in [9.17, 15) is 9.59 Å². The average Bonchev–Trinajstić information content (AvgIpc) is 2.14. The number of rotatable bonds is 6. The van der Waals surface area contributed by atoms with Gasteiger partial charge in [-0.1, -0.05) is 15.9 Å². The molecule has 0 saturated carbocycles. The van der Waals surface area contributed by atoms with Crippen molar-refractivity contribution in [2.45, 2.75) is 11.8 Å². The van der Waals surface area contributed by atoms with E-state index in [-0.39, 0.29) is 23.2 Å². The number of carbonyl (C=O) groups excluding carboxylic acids is 2. The van der Waals surface area contributed by atoms with Gasteiger partial charge in [0.25, 0.3) is 0 Å².